The molecule has 4 aliphatic rings. The second kappa shape index (κ2) is 10.9. The van der Waals surface area contributed by atoms with Crippen molar-refractivity contribution in [2.75, 3.05) is 46.8 Å². The highest BCUT2D eigenvalue weighted by atomic mass is 19.4. The minimum absolute atomic E-state index is 0.108. The first-order valence-electron chi connectivity index (χ1n) is 14.2. The fourth-order valence-corrected chi connectivity index (χ4v) is 7.11. The molecule has 5 rings (SSSR count). The summed E-state index contributed by atoms with van der Waals surface area (Å²) in [5.74, 6) is -2.17. The Hall–Kier alpha value is -3.02. The number of allylic oxidation sites excluding steroid dienone is 3. The number of piperidine rings is 1. The second-order valence-corrected chi connectivity index (χ2v) is 12.3. The van der Waals surface area contributed by atoms with E-state index in [2.05, 4.69) is 4.90 Å². The molecule has 0 aromatic heterocycles. The van der Waals surface area contributed by atoms with Crippen LogP contribution < -0.4 is 0 Å². The van der Waals surface area contributed by atoms with Crippen LogP contribution in [-0.4, -0.2) is 96.8 Å². The van der Waals surface area contributed by atoms with Crippen LogP contribution >= 0.6 is 0 Å². The standard InChI is InChI=1S/C30H36F6N4O2/c1-19-6-4-5-7-23(19)25-24-17-28(8-10-37(2)11-9-28)26(41)39(24)12-13-40(25)27(42)38(3)18-20-14-21(29(31,32)33)16-22(15-20)30(34,35)36/h4-7,14,16,22,24-25H,8-13,15,17-18H2,1-3H3. The highest BCUT2D eigenvalue weighted by molar-refractivity contribution is 5.86. The van der Waals surface area contributed by atoms with E-state index in [9.17, 15) is 35.9 Å². The molecule has 12 heteroatoms. The van der Waals surface area contributed by atoms with Gasteiger partial charge in [-0.3, -0.25) is 4.79 Å². The number of rotatable bonds is 3. The fraction of sp³-hybridized carbons (Fsp3) is 0.600. The lowest BCUT2D eigenvalue weighted by Crippen LogP contribution is -2.57. The van der Waals surface area contributed by atoms with Crippen molar-refractivity contribution in [1.29, 1.82) is 0 Å². The second-order valence-electron chi connectivity index (χ2n) is 12.3. The van der Waals surface area contributed by atoms with E-state index in [0.717, 1.165) is 43.1 Å². The summed E-state index contributed by atoms with van der Waals surface area (Å²) in [4.78, 5) is 34.7. The normalized spacial score (nSPS) is 26.7. The number of carbonyl (C=O) groups excluding carboxylic acids is 2. The molecule has 3 heterocycles. The van der Waals surface area contributed by atoms with Crippen molar-refractivity contribution in [2.24, 2.45) is 11.3 Å². The monoisotopic (exact) mass is 598 g/mol. The maximum absolute atomic E-state index is 14.0. The smallest absolute Gasteiger partial charge is 0.335 e. The summed E-state index contributed by atoms with van der Waals surface area (Å²) >= 11 is 0. The lowest BCUT2D eigenvalue weighted by molar-refractivity contribution is -0.162. The molecule has 1 spiro atoms. The number of hydrogen-bond donors (Lipinski definition) is 0. The van der Waals surface area contributed by atoms with E-state index in [1.54, 1.807) is 4.90 Å². The predicted molar refractivity (Wildman–Crippen MR) is 144 cm³/mol. The topological polar surface area (TPSA) is 47.1 Å². The van der Waals surface area contributed by atoms with E-state index in [1.165, 1.54) is 11.9 Å². The molecule has 6 nitrogen and oxygen atoms in total. The Kier molecular flexibility index (Phi) is 7.91. The minimum Gasteiger partial charge on any atom is -0.335 e. The van der Waals surface area contributed by atoms with Gasteiger partial charge < -0.3 is 19.6 Å². The molecule has 1 aromatic rings. The van der Waals surface area contributed by atoms with Crippen molar-refractivity contribution in [2.45, 2.75) is 57.0 Å². The molecular weight excluding hydrogens is 562 g/mol. The first kappa shape index (κ1) is 30.4. The van der Waals surface area contributed by atoms with E-state index in [0.29, 0.717) is 13.0 Å². The molecule has 3 aliphatic heterocycles. The van der Waals surface area contributed by atoms with Gasteiger partial charge in [0.25, 0.3) is 0 Å². The average Bonchev–Trinajstić information content (AvgIpc) is 3.19. The van der Waals surface area contributed by atoms with E-state index in [1.807, 2.05) is 43.1 Å². The molecule has 3 fully saturated rings. The molecule has 1 aliphatic carbocycles. The maximum Gasteiger partial charge on any atom is 0.416 e. The maximum atomic E-state index is 14.0. The lowest BCUT2D eigenvalue weighted by atomic mass is 9.75. The fourth-order valence-electron chi connectivity index (χ4n) is 7.11. The molecule has 3 atom stereocenters. The Balaban J connectivity index is 1.43. The van der Waals surface area contributed by atoms with Crippen molar-refractivity contribution in [3.05, 3.63) is 58.7 Å². The summed E-state index contributed by atoms with van der Waals surface area (Å²) < 4.78 is 80.9. The number of nitrogens with zero attached hydrogens (tertiary/aromatic N) is 4. The molecule has 3 amide bonds. The number of halogens is 6. The summed E-state index contributed by atoms with van der Waals surface area (Å²) in [5.41, 5.74) is -0.155. The third-order valence-electron chi connectivity index (χ3n) is 9.43. The number of benzene rings is 1. The first-order valence-corrected chi connectivity index (χ1v) is 14.2. The van der Waals surface area contributed by atoms with Crippen LogP contribution in [0.15, 0.2) is 47.6 Å². The molecule has 1 aromatic carbocycles. The van der Waals surface area contributed by atoms with Gasteiger partial charge in [0.1, 0.15) is 0 Å². The number of carbonyl (C=O) groups is 2. The third kappa shape index (κ3) is 5.66. The van der Waals surface area contributed by atoms with Crippen LogP contribution in [0.1, 0.15) is 42.9 Å². The van der Waals surface area contributed by atoms with Gasteiger partial charge in [-0.2, -0.15) is 26.3 Å². The quantitative estimate of drug-likeness (QED) is 0.419. The number of alkyl halides is 6. The van der Waals surface area contributed by atoms with Crippen molar-refractivity contribution in [1.82, 2.24) is 19.6 Å². The van der Waals surface area contributed by atoms with E-state index < -0.39 is 47.8 Å². The lowest BCUT2D eigenvalue weighted by Gasteiger charge is -2.46. The van der Waals surface area contributed by atoms with Gasteiger partial charge in [-0.25, -0.2) is 4.79 Å². The predicted octanol–water partition coefficient (Wildman–Crippen LogP) is 5.71. The van der Waals surface area contributed by atoms with Crippen molar-refractivity contribution < 1.29 is 35.9 Å². The molecule has 3 unspecified atom stereocenters. The van der Waals surface area contributed by atoms with Crippen LogP contribution in [0.2, 0.25) is 0 Å². The first-order chi connectivity index (χ1) is 19.6. The Morgan fingerprint density at radius 1 is 1.05 bits per heavy atom. The van der Waals surface area contributed by atoms with E-state index in [-0.39, 0.29) is 36.7 Å². The van der Waals surface area contributed by atoms with E-state index >= 15 is 0 Å². The number of hydrogen-bond acceptors (Lipinski definition) is 3. The molecule has 0 radical (unpaired) electrons. The number of likely N-dealkylation sites (tertiary alicyclic amines) is 1. The molecule has 0 saturated carbocycles. The Morgan fingerprint density at radius 2 is 1.71 bits per heavy atom. The minimum atomic E-state index is -4.94. The van der Waals surface area contributed by atoms with Crippen LogP contribution in [0.25, 0.3) is 0 Å². The highest BCUT2D eigenvalue weighted by Gasteiger charge is 2.57. The molecule has 0 N–H and O–H groups in total. The molecular formula is C30H36F6N4O2. The zero-order valence-electron chi connectivity index (χ0n) is 23.9. The van der Waals surface area contributed by atoms with Gasteiger partial charge in [0.2, 0.25) is 5.91 Å². The number of aryl methyl sites for hydroxylation is 1. The summed E-state index contributed by atoms with van der Waals surface area (Å²) in [6, 6.07) is 6.33. The SMILES string of the molecule is Cc1ccccc1C1C2CC3(CCN(C)CC3)C(=O)N2CCN1C(=O)N(C)CC1=CC(C(F)(F)F)=CC(C(F)(F)F)C1. The molecule has 230 valence electrons. The van der Waals surface area contributed by atoms with Gasteiger partial charge in [-0.15, -0.1) is 0 Å². The number of amides is 3. The van der Waals surface area contributed by atoms with Crippen LogP contribution in [0.5, 0.6) is 0 Å². The van der Waals surface area contributed by atoms with Crippen molar-refractivity contribution in [3.8, 4) is 0 Å². The van der Waals surface area contributed by atoms with E-state index in [4.69, 9.17) is 0 Å². The average molecular weight is 599 g/mol. The Bertz CT molecular complexity index is 1280. The molecule has 42 heavy (non-hydrogen) atoms. The van der Waals surface area contributed by atoms with Gasteiger partial charge in [0.05, 0.1) is 29.0 Å². The Labute approximate surface area is 241 Å². The third-order valence-corrected chi connectivity index (χ3v) is 9.43. The van der Waals surface area contributed by atoms with Gasteiger partial charge in [0, 0.05) is 26.7 Å². The zero-order valence-corrected chi connectivity index (χ0v) is 23.9. The number of urea groups is 1. The summed E-state index contributed by atoms with van der Waals surface area (Å²) in [6.07, 6.45) is -7.45. The van der Waals surface area contributed by atoms with Gasteiger partial charge in [-0.1, -0.05) is 30.3 Å². The zero-order chi connectivity index (χ0) is 30.6. The summed E-state index contributed by atoms with van der Waals surface area (Å²) in [5, 5.41) is 0. The van der Waals surface area contributed by atoms with Crippen LogP contribution in [0.3, 0.4) is 0 Å². The van der Waals surface area contributed by atoms with Crippen molar-refractivity contribution >= 4 is 11.9 Å². The highest BCUT2D eigenvalue weighted by Crippen LogP contribution is 2.50. The molecule has 3 saturated heterocycles. The number of fused-ring (bicyclic) bond motifs is 1. The van der Waals surface area contributed by atoms with Gasteiger partial charge >= 0.3 is 18.4 Å². The summed E-state index contributed by atoms with van der Waals surface area (Å²) in [7, 11) is 3.43. The van der Waals surface area contributed by atoms with Gasteiger partial charge in [0.15, 0.2) is 0 Å². The van der Waals surface area contributed by atoms with Crippen LogP contribution in [-0.2, 0) is 4.79 Å². The summed E-state index contributed by atoms with van der Waals surface area (Å²) in [6.45, 7) is 3.68. The van der Waals surface area contributed by atoms with Crippen LogP contribution in [0.4, 0.5) is 31.1 Å². The van der Waals surface area contributed by atoms with Gasteiger partial charge in [-0.05, 0) is 75.5 Å². The van der Waals surface area contributed by atoms with Crippen LogP contribution in [0, 0.1) is 18.3 Å². The largest absolute Gasteiger partial charge is 0.416 e. The van der Waals surface area contributed by atoms with Crippen molar-refractivity contribution in [3.63, 3.8) is 0 Å². The number of piperazine rings is 1. The molecule has 0 bridgehead atoms. The Morgan fingerprint density at radius 3 is 2.33 bits per heavy atom. The number of likely N-dealkylation sites (N-methyl/N-ethyl adjacent to an activating group) is 1.